The van der Waals surface area contributed by atoms with Crippen LogP contribution in [-0.4, -0.2) is 48.0 Å². The van der Waals surface area contributed by atoms with Gasteiger partial charge in [-0.25, -0.2) is 15.0 Å². The minimum absolute atomic E-state index is 0.375. The van der Waals surface area contributed by atoms with E-state index in [1.54, 1.807) is 17.8 Å². The molecule has 8 heteroatoms. The highest BCUT2D eigenvalue weighted by Gasteiger charge is 2.42. The summed E-state index contributed by atoms with van der Waals surface area (Å²) in [5.74, 6) is 0.591. The fourth-order valence-corrected chi connectivity index (χ4v) is 3.41. The molecule has 8 nitrogen and oxygen atoms in total. The molecule has 1 aliphatic rings. The van der Waals surface area contributed by atoms with Crippen LogP contribution in [0.1, 0.15) is 32.6 Å². The number of aliphatic hydroxyl groups is 2. The number of benzene rings is 1. The van der Waals surface area contributed by atoms with Crippen molar-refractivity contribution in [1.82, 2.24) is 19.5 Å². The topological polar surface area (TPSA) is 105 Å². The lowest BCUT2D eigenvalue weighted by Gasteiger charge is -2.27. The normalized spacial score (nSPS) is 25.8. The molecule has 3 aromatic rings. The van der Waals surface area contributed by atoms with Crippen molar-refractivity contribution < 1.29 is 14.9 Å². The Morgan fingerprint density at radius 1 is 1.07 bits per heavy atom. The predicted molar refractivity (Wildman–Crippen MR) is 100 cm³/mol. The highest BCUT2D eigenvalue weighted by Crippen LogP contribution is 2.33. The van der Waals surface area contributed by atoms with Crippen molar-refractivity contribution in [3.05, 3.63) is 48.5 Å². The minimum Gasteiger partial charge on any atom is -0.388 e. The highest BCUT2D eigenvalue weighted by atomic mass is 16.6. The zero-order chi connectivity index (χ0) is 19.2. The van der Waals surface area contributed by atoms with Crippen molar-refractivity contribution in [2.45, 2.75) is 50.8 Å². The summed E-state index contributed by atoms with van der Waals surface area (Å²) in [6.07, 6.45) is -0.221. The molecule has 0 saturated carbocycles. The summed E-state index contributed by atoms with van der Waals surface area (Å²) in [6, 6.07) is 10.1. The van der Waals surface area contributed by atoms with Crippen molar-refractivity contribution in [3.8, 4) is 0 Å². The van der Waals surface area contributed by atoms with E-state index >= 15 is 0 Å². The Hall–Kier alpha value is -2.55. The van der Waals surface area contributed by atoms with Gasteiger partial charge in [-0.2, -0.15) is 0 Å². The molecule has 3 N–H and O–H groups in total. The number of fused-ring (bicyclic) bond motifs is 1. The molecule has 0 unspecified atom stereocenters. The number of ether oxygens (including phenoxy) is 1. The van der Waals surface area contributed by atoms with Gasteiger partial charge in [0.2, 0.25) is 0 Å². The molecular weight excluding hydrogens is 346 g/mol. The van der Waals surface area contributed by atoms with Gasteiger partial charge in [-0.1, -0.05) is 30.3 Å². The number of hydrogen-bond acceptors (Lipinski definition) is 7. The number of anilines is 1. The van der Waals surface area contributed by atoms with Gasteiger partial charge in [0.15, 0.2) is 23.2 Å². The molecule has 1 aliphatic heterocycles. The first-order valence-corrected chi connectivity index (χ1v) is 8.91. The molecular formula is C19H23N5O3. The number of nitrogens with one attached hydrogen (secondary N) is 1. The molecule has 27 heavy (non-hydrogen) atoms. The third-order valence-electron chi connectivity index (χ3n) is 5.04. The van der Waals surface area contributed by atoms with E-state index in [4.69, 9.17) is 4.74 Å². The molecule has 3 heterocycles. The van der Waals surface area contributed by atoms with E-state index in [2.05, 4.69) is 46.2 Å². The molecule has 0 aliphatic carbocycles. The molecule has 0 bridgehead atoms. The predicted octanol–water partition coefficient (Wildman–Crippen LogP) is 1.81. The van der Waals surface area contributed by atoms with E-state index in [1.165, 1.54) is 6.33 Å². The average molecular weight is 369 g/mol. The summed E-state index contributed by atoms with van der Waals surface area (Å²) in [7, 11) is 0. The molecule has 0 radical (unpaired) electrons. The Kier molecular flexibility index (Phi) is 4.33. The average Bonchev–Trinajstić information content (AvgIpc) is 3.19. The summed E-state index contributed by atoms with van der Waals surface area (Å²) in [5, 5.41) is 23.7. The van der Waals surface area contributed by atoms with Crippen LogP contribution in [0.25, 0.3) is 11.2 Å². The lowest BCUT2D eigenvalue weighted by Crippen LogP contribution is -2.30. The van der Waals surface area contributed by atoms with Crippen LogP contribution in [0, 0.1) is 0 Å². The van der Waals surface area contributed by atoms with Crippen LogP contribution in [0.3, 0.4) is 0 Å². The Bertz CT molecular complexity index is 943. The summed E-state index contributed by atoms with van der Waals surface area (Å²) in [4.78, 5) is 13.1. The number of nitrogens with zero attached hydrogens (tertiary/aromatic N) is 4. The van der Waals surface area contributed by atoms with Crippen LogP contribution in [0.15, 0.2) is 43.0 Å². The molecule has 1 aromatic carbocycles. The quantitative estimate of drug-likeness (QED) is 0.644. The van der Waals surface area contributed by atoms with Crippen LogP contribution in [-0.2, 0) is 10.3 Å². The molecule has 1 fully saturated rings. The number of aliphatic hydroxyl groups excluding tert-OH is 2. The second kappa shape index (κ2) is 6.56. The first-order chi connectivity index (χ1) is 12.9. The lowest BCUT2D eigenvalue weighted by atomic mass is 9.94. The van der Waals surface area contributed by atoms with Gasteiger partial charge < -0.3 is 20.3 Å². The molecule has 1 saturated heterocycles. The van der Waals surface area contributed by atoms with Crippen molar-refractivity contribution in [2.75, 3.05) is 5.32 Å². The molecule has 0 amide bonds. The molecule has 4 rings (SSSR count). The highest BCUT2D eigenvalue weighted by molar-refractivity contribution is 5.83. The lowest BCUT2D eigenvalue weighted by molar-refractivity contribution is -0.0299. The van der Waals surface area contributed by atoms with Gasteiger partial charge in [0.1, 0.15) is 18.5 Å². The zero-order valence-corrected chi connectivity index (χ0v) is 15.4. The minimum atomic E-state index is -1.05. The first kappa shape index (κ1) is 17.8. The monoisotopic (exact) mass is 369 g/mol. The molecule has 0 spiro atoms. The fraction of sp³-hybridized carbons (Fsp3) is 0.421. The van der Waals surface area contributed by atoms with Crippen molar-refractivity contribution >= 4 is 17.0 Å². The smallest absolute Gasteiger partial charge is 0.167 e. The third-order valence-corrected chi connectivity index (χ3v) is 5.04. The number of rotatable bonds is 4. The maximum Gasteiger partial charge on any atom is 0.167 e. The van der Waals surface area contributed by atoms with Gasteiger partial charge in [-0.15, -0.1) is 0 Å². The maximum absolute atomic E-state index is 10.3. The van der Waals surface area contributed by atoms with E-state index < -0.39 is 24.5 Å². The largest absolute Gasteiger partial charge is 0.388 e. The Morgan fingerprint density at radius 3 is 2.48 bits per heavy atom. The third kappa shape index (κ3) is 3.05. The van der Waals surface area contributed by atoms with Gasteiger partial charge in [0.05, 0.1) is 18.0 Å². The van der Waals surface area contributed by atoms with E-state index in [9.17, 15) is 10.2 Å². The SMILES string of the molecule is C[C@H]1O[C@@H](n2cnc3c(NC(C)(C)c4ccccc4)ncnc32)[C@H](O)[C@@H]1O. The Morgan fingerprint density at radius 2 is 1.81 bits per heavy atom. The maximum atomic E-state index is 10.3. The van der Waals surface area contributed by atoms with Gasteiger partial charge in [0, 0.05) is 0 Å². The first-order valence-electron chi connectivity index (χ1n) is 8.91. The van der Waals surface area contributed by atoms with Crippen molar-refractivity contribution in [2.24, 2.45) is 0 Å². The van der Waals surface area contributed by atoms with Gasteiger partial charge in [0.25, 0.3) is 0 Å². The summed E-state index contributed by atoms with van der Waals surface area (Å²) < 4.78 is 7.32. The van der Waals surface area contributed by atoms with Crippen LogP contribution < -0.4 is 5.32 Å². The zero-order valence-electron chi connectivity index (χ0n) is 15.4. The molecule has 4 atom stereocenters. The van der Waals surface area contributed by atoms with Crippen LogP contribution >= 0.6 is 0 Å². The summed E-state index contributed by atoms with van der Waals surface area (Å²) in [6.45, 7) is 5.85. The summed E-state index contributed by atoms with van der Waals surface area (Å²) >= 11 is 0. The number of hydrogen-bond donors (Lipinski definition) is 3. The van der Waals surface area contributed by atoms with E-state index in [0.29, 0.717) is 17.0 Å². The Labute approximate surface area is 156 Å². The van der Waals surface area contributed by atoms with Crippen LogP contribution in [0.5, 0.6) is 0 Å². The van der Waals surface area contributed by atoms with Gasteiger partial charge in [-0.05, 0) is 26.3 Å². The Balaban J connectivity index is 1.69. The fourth-order valence-electron chi connectivity index (χ4n) is 3.41. The van der Waals surface area contributed by atoms with Crippen LogP contribution in [0.4, 0.5) is 5.82 Å². The van der Waals surface area contributed by atoms with Crippen molar-refractivity contribution in [3.63, 3.8) is 0 Å². The number of imidazole rings is 1. The second-order valence-corrected chi connectivity index (χ2v) is 7.38. The standard InChI is InChI=1S/C19H23N5O3/c1-11-14(25)15(26)18(27-11)24-10-22-13-16(20-9-21-17(13)24)23-19(2,3)12-7-5-4-6-8-12/h4-11,14-15,18,25-26H,1-3H3,(H,20,21,23)/t11-,14-,15-,18-/m1/s1. The van der Waals surface area contributed by atoms with E-state index in [1.807, 2.05) is 18.2 Å². The van der Waals surface area contributed by atoms with E-state index in [-0.39, 0.29) is 5.54 Å². The second-order valence-electron chi connectivity index (χ2n) is 7.38. The summed E-state index contributed by atoms with van der Waals surface area (Å²) in [5.41, 5.74) is 1.84. The van der Waals surface area contributed by atoms with Gasteiger partial charge in [-0.3, -0.25) is 4.57 Å². The van der Waals surface area contributed by atoms with Crippen LogP contribution in [0.2, 0.25) is 0 Å². The van der Waals surface area contributed by atoms with E-state index in [0.717, 1.165) is 5.56 Å². The number of aromatic nitrogens is 4. The molecule has 2 aromatic heterocycles. The molecule has 142 valence electrons. The van der Waals surface area contributed by atoms with Crippen molar-refractivity contribution in [1.29, 1.82) is 0 Å². The van der Waals surface area contributed by atoms with Gasteiger partial charge >= 0.3 is 0 Å².